The molecule has 182 valence electrons. The molecule has 3 N–H and O–H groups in total. The number of carbonyl (C=O) groups excluding carboxylic acids is 7. The summed E-state index contributed by atoms with van der Waals surface area (Å²) in [5.74, 6) is -13.0. The predicted octanol–water partition coefficient (Wildman–Crippen LogP) is -2.85. The molecule has 0 aliphatic carbocycles. The van der Waals surface area contributed by atoms with Gasteiger partial charge in [0.2, 0.25) is 5.91 Å². The molecule has 1 fully saturated rings. The molecule has 17 heteroatoms. The molecular formula is C16H19N3O14. The second-order valence-electron chi connectivity index (χ2n) is 6.43. The van der Waals surface area contributed by atoms with Gasteiger partial charge in [0.1, 0.15) is 12.0 Å². The SMILES string of the molecule is CC(=O)OOC(=O)CC(O)(C(=O)OOC(C)=O)C(C(=O)OOC(C)=O)C1C(=O)NC(=N)N1C. The lowest BCUT2D eigenvalue weighted by molar-refractivity contribution is -0.284. The predicted molar refractivity (Wildman–Crippen MR) is 94.1 cm³/mol. The molecule has 0 aromatic carbocycles. The fourth-order valence-electron chi connectivity index (χ4n) is 2.54. The topological polar surface area (TPSA) is 234 Å². The quantitative estimate of drug-likeness (QED) is 0.258. The molecule has 1 aliphatic rings. The van der Waals surface area contributed by atoms with Crippen LogP contribution in [0.4, 0.5) is 0 Å². The number of guanidine groups is 1. The summed E-state index contributed by atoms with van der Waals surface area (Å²) < 4.78 is 0. The second kappa shape index (κ2) is 10.8. The van der Waals surface area contributed by atoms with Crippen molar-refractivity contribution in [3.05, 3.63) is 0 Å². The van der Waals surface area contributed by atoms with Crippen LogP contribution in [0.5, 0.6) is 0 Å². The van der Waals surface area contributed by atoms with Crippen molar-refractivity contribution in [2.75, 3.05) is 7.05 Å². The van der Waals surface area contributed by atoms with Gasteiger partial charge >= 0.3 is 35.8 Å². The maximum absolute atomic E-state index is 12.7. The van der Waals surface area contributed by atoms with Crippen molar-refractivity contribution in [3.63, 3.8) is 0 Å². The first kappa shape index (κ1) is 26.8. The summed E-state index contributed by atoms with van der Waals surface area (Å²) in [6, 6.07) is -1.92. The molecule has 0 bridgehead atoms. The number of aliphatic hydroxyl groups is 1. The zero-order valence-electron chi connectivity index (χ0n) is 17.6. The normalized spacial score (nSPS) is 17.6. The van der Waals surface area contributed by atoms with E-state index in [9.17, 15) is 38.7 Å². The Kier molecular flexibility index (Phi) is 8.79. The number of amides is 1. The molecule has 3 atom stereocenters. The smallest absolute Gasteiger partial charge is 0.377 e. The first-order valence-corrected chi connectivity index (χ1v) is 8.71. The van der Waals surface area contributed by atoms with Crippen LogP contribution in [-0.2, 0) is 62.9 Å². The molecule has 0 radical (unpaired) electrons. The third-order valence-corrected chi connectivity index (χ3v) is 3.86. The third-order valence-electron chi connectivity index (χ3n) is 3.86. The minimum atomic E-state index is -3.43. The van der Waals surface area contributed by atoms with Crippen molar-refractivity contribution in [1.82, 2.24) is 10.2 Å². The monoisotopic (exact) mass is 477 g/mol. The van der Waals surface area contributed by atoms with Crippen molar-refractivity contribution in [2.24, 2.45) is 5.92 Å². The molecule has 17 nitrogen and oxygen atoms in total. The van der Waals surface area contributed by atoms with E-state index < -0.39 is 71.7 Å². The van der Waals surface area contributed by atoms with Crippen LogP contribution in [0.3, 0.4) is 0 Å². The van der Waals surface area contributed by atoms with Gasteiger partial charge in [0.15, 0.2) is 11.6 Å². The van der Waals surface area contributed by atoms with Gasteiger partial charge in [-0.1, -0.05) is 0 Å². The van der Waals surface area contributed by atoms with Crippen LogP contribution in [0.1, 0.15) is 27.2 Å². The van der Waals surface area contributed by atoms with Gasteiger partial charge in [0.05, 0.1) is 6.42 Å². The molecule has 0 spiro atoms. The maximum atomic E-state index is 12.7. The Labute approximate surface area is 184 Å². The van der Waals surface area contributed by atoms with E-state index in [-0.39, 0.29) is 0 Å². The summed E-state index contributed by atoms with van der Waals surface area (Å²) in [7, 11) is 1.09. The fraction of sp³-hybridized carbons (Fsp3) is 0.500. The lowest BCUT2D eigenvalue weighted by Gasteiger charge is -2.34. The average Bonchev–Trinajstić information content (AvgIpc) is 2.95. The van der Waals surface area contributed by atoms with Crippen LogP contribution < -0.4 is 5.32 Å². The van der Waals surface area contributed by atoms with Gasteiger partial charge in [-0.25, -0.2) is 58.1 Å². The number of rotatable bonds is 6. The van der Waals surface area contributed by atoms with Crippen LogP contribution in [0.2, 0.25) is 0 Å². The van der Waals surface area contributed by atoms with E-state index >= 15 is 0 Å². The number of carbonyl (C=O) groups is 7. The molecule has 0 aromatic rings. The van der Waals surface area contributed by atoms with Crippen molar-refractivity contribution in [1.29, 1.82) is 5.41 Å². The Morgan fingerprint density at radius 3 is 1.91 bits per heavy atom. The highest BCUT2D eigenvalue weighted by atomic mass is 17.2. The molecular weight excluding hydrogens is 458 g/mol. The summed E-state index contributed by atoms with van der Waals surface area (Å²) in [4.78, 5) is 108. The number of likely N-dealkylation sites (N-methyl/N-ethyl adjacent to an activating group) is 1. The molecule has 33 heavy (non-hydrogen) atoms. The van der Waals surface area contributed by atoms with E-state index in [1.165, 1.54) is 0 Å². The maximum Gasteiger partial charge on any atom is 0.388 e. The largest absolute Gasteiger partial charge is 0.388 e. The van der Waals surface area contributed by atoms with E-state index in [2.05, 4.69) is 29.3 Å². The summed E-state index contributed by atoms with van der Waals surface area (Å²) in [6.07, 6.45) is -1.54. The summed E-state index contributed by atoms with van der Waals surface area (Å²) >= 11 is 0. The highest BCUT2D eigenvalue weighted by Crippen LogP contribution is 2.33. The number of hydrogen-bond donors (Lipinski definition) is 3. The van der Waals surface area contributed by atoms with E-state index in [0.717, 1.165) is 32.7 Å². The van der Waals surface area contributed by atoms with Gasteiger partial charge in [-0.2, -0.15) is 0 Å². The van der Waals surface area contributed by atoms with E-state index in [4.69, 9.17) is 5.41 Å². The van der Waals surface area contributed by atoms with Crippen LogP contribution in [0.25, 0.3) is 0 Å². The van der Waals surface area contributed by atoms with E-state index in [0.29, 0.717) is 0 Å². The van der Waals surface area contributed by atoms with Crippen molar-refractivity contribution < 1.29 is 68.0 Å². The standard InChI is InChI=1S/C16H19N3O14/c1-6(20)28-31-9(23)5-16(27,14(26)33-30-8(3)22)10(13(25)32-29-7(2)21)11-12(24)18-15(17)19(11)4/h10-11,27H,5H2,1-4H3,(H2,17,18,24). The second-order valence-corrected chi connectivity index (χ2v) is 6.43. The van der Waals surface area contributed by atoms with Crippen LogP contribution in [0.15, 0.2) is 0 Å². The van der Waals surface area contributed by atoms with Gasteiger partial charge in [-0.05, 0) is 0 Å². The molecule has 1 saturated heterocycles. The Bertz CT molecular complexity index is 886. The summed E-state index contributed by atoms with van der Waals surface area (Å²) in [5, 5.41) is 20.7. The van der Waals surface area contributed by atoms with Gasteiger partial charge in [-0.15, -0.1) is 0 Å². The van der Waals surface area contributed by atoms with E-state index in [1.54, 1.807) is 0 Å². The van der Waals surface area contributed by atoms with Gasteiger partial charge in [-0.3, -0.25) is 15.5 Å². The average molecular weight is 477 g/mol. The Morgan fingerprint density at radius 1 is 0.970 bits per heavy atom. The first-order chi connectivity index (χ1) is 15.2. The molecule has 1 heterocycles. The first-order valence-electron chi connectivity index (χ1n) is 8.71. The minimum absolute atomic E-state index is 0.589. The molecule has 1 amide bonds. The lowest BCUT2D eigenvalue weighted by Crippen LogP contribution is -2.60. The highest BCUT2D eigenvalue weighted by Gasteiger charge is 2.61. The molecule has 0 aromatic heterocycles. The van der Waals surface area contributed by atoms with Crippen LogP contribution >= 0.6 is 0 Å². The van der Waals surface area contributed by atoms with Crippen LogP contribution in [-0.4, -0.2) is 76.4 Å². The zero-order chi connectivity index (χ0) is 25.5. The number of nitrogens with one attached hydrogen (secondary N) is 2. The Hall–Kier alpha value is -4.28. The van der Waals surface area contributed by atoms with Gasteiger partial charge < -0.3 is 10.0 Å². The fourth-order valence-corrected chi connectivity index (χ4v) is 2.54. The molecule has 1 aliphatic heterocycles. The molecule has 1 rings (SSSR count). The van der Waals surface area contributed by atoms with Crippen molar-refractivity contribution in [2.45, 2.75) is 38.8 Å². The number of nitrogens with zero attached hydrogens (tertiary/aromatic N) is 1. The summed E-state index contributed by atoms with van der Waals surface area (Å²) in [5.41, 5.74) is -3.43. The molecule has 3 unspecified atom stereocenters. The highest BCUT2D eigenvalue weighted by molar-refractivity contribution is 6.08. The zero-order valence-corrected chi connectivity index (χ0v) is 17.6. The lowest BCUT2D eigenvalue weighted by atomic mass is 9.79. The van der Waals surface area contributed by atoms with Crippen LogP contribution in [0, 0.1) is 11.3 Å². The van der Waals surface area contributed by atoms with E-state index in [1.807, 2.05) is 5.32 Å². The van der Waals surface area contributed by atoms with Crippen molar-refractivity contribution in [3.8, 4) is 0 Å². The van der Waals surface area contributed by atoms with Gasteiger partial charge in [0, 0.05) is 27.8 Å². The number of hydrogen-bond acceptors (Lipinski definition) is 15. The van der Waals surface area contributed by atoms with Crippen molar-refractivity contribution >= 4 is 47.7 Å². The Morgan fingerprint density at radius 2 is 1.45 bits per heavy atom. The Balaban J connectivity index is 3.51. The van der Waals surface area contributed by atoms with Gasteiger partial charge in [0.25, 0.3) is 0 Å². The third kappa shape index (κ3) is 6.86. The summed E-state index contributed by atoms with van der Waals surface area (Å²) in [6.45, 7) is 2.47. The minimum Gasteiger partial charge on any atom is -0.377 e. The molecule has 0 saturated carbocycles.